The minimum absolute atomic E-state index is 0.107. The molecule has 2 amide bonds. The molecule has 0 radical (unpaired) electrons. The third-order valence-corrected chi connectivity index (χ3v) is 5.92. The average molecular weight is 548 g/mol. The lowest BCUT2D eigenvalue weighted by Gasteiger charge is -2.35. The van der Waals surface area contributed by atoms with E-state index in [1.807, 2.05) is 18.2 Å². The number of carbonyl (C=O) groups is 1. The van der Waals surface area contributed by atoms with Gasteiger partial charge in [0, 0.05) is 25.7 Å². The fourth-order valence-corrected chi connectivity index (χ4v) is 4.03. The molecule has 1 atom stereocenters. The zero-order valence-corrected chi connectivity index (χ0v) is 20.7. The number of nitrogens with one attached hydrogen (secondary N) is 2. The van der Waals surface area contributed by atoms with E-state index in [-0.39, 0.29) is 12.0 Å². The molecule has 198 valence electrons. The smallest absolute Gasteiger partial charge is 0.428 e. The molecular formula is C26H22ClF4N5O2. The van der Waals surface area contributed by atoms with Crippen LogP contribution in [0, 0.1) is 0 Å². The van der Waals surface area contributed by atoms with Crippen molar-refractivity contribution in [2.75, 3.05) is 5.32 Å². The number of carbonyl (C=O) groups excluding carboxylic acids is 1. The van der Waals surface area contributed by atoms with Gasteiger partial charge in [-0.2, -0.15) is 22.7 Å². The zero-order chi connectivity index (χ0) is 27.3. The van der Waals surface area contributed by atoms with Gasteiger partial charge in [-0.3, -0.25) is 15.0 Å². The molecule has 12 heteroatoms. The van der Waals surface area contributed by atoms with E-state index < -0.39 is 29.9 Å². The normalized spacial score (nSPS) is 13.1. The fourth-order valence-electron chi connectivity index (χ4n) is 3.92. The molecule has 38 heavy (non-hydrogen) atoms. The summed E-state index contributed by atoms with van der Waals surface area (Å²) in [6, 6.07) is 18.3. The largest absolute Gasteiger partial charge is 0.461 e. The van der Waals surface area contributed by atoms with Gasteiger partial charge in [0.05, 0.1) is 16.9 Å². The van der Waals surface area contributed by atoms with Gasteiger partial charge >= 0.3 is 18.6 Å². The molecule has 7 nitrogen and oxygen atoms in total. The van der Waals surface area contributed by atoms with Crippen molar-refractivity contribution in [3.63, 3.8) is 0 Å². The molecule has 4 aromatic rings. The van der Waals surface area contributed by atoms with Gasteiger partial charge < -0.3 is 10.1 Å². The van der Waals surface area contributed by atoms with Crippen LogP contribution >= 0.6 is 11.6 Å². The number of hydrogen-bond acceptors (Lipinski definition) is 4. The highest BCUT2D eigenvalue weighted by Gasteiger charge is 2.44. The van der Waals surface area contributed by atoms with E-state index in [2.05, 4.69) is 25.5 Å². The lowest BCUT2D eigenvalue weighted by Crippen LogP contribution is -2.50. The van der Waals surface area contributed by atoms with Crippen molar-refractivity contribution in [1.82, 2.24) is 20.1 Å². The number of rotatable bonds is 9. The van der Waals surface area contributed by atoms with Crippen LogP contribution in [0.2, 0.25) is 5.02 Å². The van der Waals surface area contributed by atoms with Crippen molar-refractivity contribution in [2.24, 2.45) is 7.05 Å². The van der Waals surface area contributed by atoms with E-state index in [4.69, 9.17) is 11.6 Å². The number of urea groups is 1. The van der Waals surface area contributed by atoms with E-state index in [0.717, 1.165) is 11.6 Å². The number of benzene rings is 2. The number of anilines is 1. The van der Waals surface area contributed by atoms with Gasteiger partial charge in [-0.15, -0.1) is 0 Å². The van der Waals surface area contributed by atoms with Crippen LogP contribution < -0.4 is 15.4 Å². The fraction of sp³-hybridized carbons (Fsp3) is 0.192. The van der Waals surface area contributed by atoms with Crippen molar-refractivity contribution in [3.8, 4) is 5.75 Å². The van der Waals surface area contributed by atoms with E-state index in [9.17, 15) is 22.4 Å². The third kappa shape index (κ3) is 6.05. The predicted molar refractivity (Wildman–Crippen MR) is 134 cm³/mol. The highest BCUT2D eigenvalue weighted by Crippen LogP contribution is 2.36. The van der Waals surface area contributed by atoms with Gasteiger partial charge in [0.2, 0.25) is 0 Å². The monoisotopic (exact) mass is 547 g/mol. The first-order chi connectivity index (χ1) is 18.1. The standard InChI is InChI=1S/C26H22ClF4N5O2/c1-36-22(12-13-33-36)34-24(37)35-25(15-17-6-3-2-4-7-17,21-11-10-19(27)16-32-21)18-8-5-9-20(14-18)38-26(30,31)23(28)29/h2-14,16,23H,15H2,1H3,(H2,34,35,37)/t25-/m0/s1. The van der Waals surface area contributed by atoms with Crippen LogP contribution in [0.25, 0.3) is 0 Å². The van der Waals surface area contributed by atoms with Crippen LogP contribution in [0.4, 0.5) is 28.2 Å². The molecule has 0 saturated heterocycles. The van der Waals surface area contributed by atoms with Crippen molar-refractivity contribution in [2.45, 2.75) is 24.5 Å². The number of alkyl halides is 4. The molecule has 2 aromatic carbocycles. The molecule has 0 fully saturated rings. The van der Waals surface area contributed by atoms with E-state index >= 15 is 0 Å². The zero-order valence-electron chi connectivity index (χ0n) is 19.9. The molecule has 0 aliphatic carbocycles. The first-order valence-electron chi connectivity index (χ1n) is 11.3. The molecule has 0 unspecified atom stereocenters. The average Bonchev–Trinajstić information content (AvgIpc) is 3.28. The lowest BCUT2D eigenvalue weighted by molar-refractivity contribution is -0.253. The van der Waals surface area contributed by atoms with Crippen molar-refractivity contribution < 1.29 is 27.1 Å². The topological polar surface area (TPSA) is 81.1 Å². The van der Waals surface area contributed by atoms with Gasteiger partial charge in [0.1, 0.15) is 17.1 Å². The van der Waals surface area contributed by atoms with Crippen LogP contribution in [0.1, 0.15) is 16.8 Å². The first-order valence-corrected chi connectivity index (χ1v) is 11.7. The molecule has 4 rings (SSSR count). The first kappa shape index (κ1) is 26.9. The minimum atomic E-state index is -4.72. The molecule has 0 saturated carbocycles. The Morgan fingerprint density at radius 3 is 2.47 bits per heavy atom. The van der Waals surface area contributed by atoms with Gasteiger partial charge in [-0.05, 0) is 35.4 Å². The Bertz CT molecular complexity index is 1390. The summed E-state index contributed by atoms with van der Waals surface area (Å²) < 4.78 is 59.0. The summed E-state index contributed by atoms with van der Waals surface area (Å²) in [6.45, 7) is 0. The number of pyridine rings is 1. The number of aromatic nitrogens is 3. The van der Waals surface area contributed by atoms with Gasteiger partial charge in [0.15, 0.2) is 0 Å². The van der Waals surface area contributed by atoms with Crippen LogP contribution in [0.15, 0.2) is 85.2 Å². The molecule has 2 aromatic heterocycles. The SMILES string of the molecule is Cn1nccc1NC(=O)N[C@@](Cc1ccccc1)(c1cccc(OC(F)(F)C(F)F)c1)c1ccc(Cl)cn1. The number of nitrogens with zero attached hydrogens (tertiary/aromatic N) is 3. The maximum absolute atomic E-state index is 13.7. The third-order valence-electron chi connectivity index (χ3n) is 5.70. The Kier molecular flexibility index (Phi) is 7.86. The number of hydrogen-bond donors (Lipinski definition) is 2. The summed E-state index contributed by atoms with van der Waals surface area (Å²) in [5.41, 5.74) is -0.162. The van der Waals surface area contributed by atoms with Crippen LogP contribution in [0.5, 0.6) is 5.75 Å². The molecule has 0 spiro atoms. The van der Waals surface area contributed by atoms with E-state index in [1.54, 1.807) is 43.4 Å². The predicted octanol–water partition coefficient (Wildman–Crippen LogP) is 6.01. The molecular weight excluding hydrogens is 526 g/mol. The van der Waals surface area contributed by atoms with Gasteiger partial charge in [-0.25, -0.2) is 4.79 Å². The maximum atomic E-state index is 13.7. The van der Waals surface area contributed by atoms with Gasteiger partial charge in [-0.1, -0.05) is 54.1 Å². The Hall–Kier alpha value is -4.12. The Morgan fingerprint density at radius 2 is 1.84 bits per heavy atom. The van der Waals surface area contributed by atoms with E-state index in [0.29, 0.717) is 16.5 Å². The molecule has 0 aliphatic rings. The Morgan fingerprint density at radius 1 is 1.08 bits per heavy atom. The second-order valence-corrected chi connectivity index (χ2v) is 8.78. The summed E-state index contributed by atoms with van der Waals surface area (Å²) in [7, 11) is 1.64. The molecule has 0 aliphatic heterocycles. The van der Waals surface area contributed by atoms with Crippen molar-refractivity contribution in [1.29, 1.82) is 0 Å². The molecule has 2 heterocycles. The number of ether oxygens (including phenoxy) is 1. The summed E-state index contributed by atoms with van der Waals surface area (Å²) in [5.74, 6) is -0.137. The van der Waals surface area contributed by atoms with Crippen molar-refractivity contribution >= 4 is 23.4 Å². The summed E-state index contributed by atoms with van der Waals surface area (Å²) >= 11 is 6.07. The summed E-state index contributed by atoms with van der Waals surface area (Å²) in [4.78, 5) is 17.7. The summed E-state index contributed by atoms with van der Waals surface area (Å²) in [5, 5.41) is 9.96. The maximum Gasteiger partial charge on any atom is 0.461 e. The highest BCUT2D eigenvalue weighted by atomic mass is 35.5. The van der Waals surface area contributed by atoms with Gasteiger partial charge in [0.25, 0.3) is 0 Å². The number of halogens is 5. The lowest BCUT2D eigenvalue weighted by atomic mass is 9.80. The Balaban J connectivity index is 1.85. The van der Waals surface area contributed by atoms with Crippen molar-refractivity contribution in [3.05, 3.63) is 107 Å². The van der Waals surface area contributed by atoms with E-state index in [1.165, 1.54) is 29.2 Å². The highest BCUT2D eigenvalue weighted by molar-refractivity contribution is 6.30. The summed E-state index contributed by atoms with van der Waals surface area (Å²) in [6.07, 6.45) is -5.78. The molecule has 0 bridgehead atoms. The second-order valence-electron chi connectivity index (χ2n) is 8.34. The Labute approximate surface area is 220 Å². The molecule has 2 N–H and O–H groups in total. The van der Waals surface area contributed by atoms with Crippen LogP contribution in [0.3, 0.4) is 0 Å². The minimum Gasteiger partial charge on any atom is -0.428 e. The quantitative estimate of drug-likeness (QED) is 0.251. The van der Waals surface area contributed by atoms with Crippen LogP contribution in [-0.2, 0) is 19.0 Å². The number of aryl methyl sites for hydroxylation is 1. The van der Waals surface area contributed by atoms with Crippen LogP contribution in [-0.4, -0.2) is 33.3 Å². The second kappa shape index (κ2) is 11.1. The number of amides is 2.